The van der Waals surface area contributed by atoms with Gasteiger partial charge in [-0.2, -0.15) is 13.2 Å². The minimum atomic E-state index is -4.63. The van der Waals surface area contributed by atoms with Crippen LogP contribution >= 0.6 is 0 Å². The molecule has 1 aliphatic heterocycles. The smallest absolute Gasteiger partial charge is 0.416 e. The first-order valence-electron chi connectivity index (χ1n) is 15.3. The highest BCUT2D eigenvalue weighted by Gasteiger charge is 2.35. The van der Waals surface area contributed by atoms with Crippen molar-refractivity contribution in [2.24, 2.45) is 0 Å². The molecule has 1 fully saturated rings. The Morgan fingerprint density at radius 3 is 2.35 bits per heavy atom. The third-order valence-electron chi connectivity index (χ3n) is 7.69. The van der Waals surface area contributed by atoms with Crippen LogP contribution in [-0.2, 0) is 15.7 Å². The molecular weight excluding hydrogens is 631 g/mol. The lowest BCUT2D eigenvalue weighted by molar-refractivity contribution is -0.137. The van der Waals surface area contributed by atoms with Gasteiger partial charge >= 0.3 is 18.2 Å². The van der Waals surface area contributed by atoms with E-state index in [4.69, 9.17) is 14.2 Å². The molecule has 1 aliphatic rings. The van der Waals surface area contributed by atoms with Crippen molar-refractivity contribution in [3.63, 3.8) is 0 Å². The van der Waals surface area contributed by atoms with E-state index >= 15 is 0 Å². The van der Waals surface area contributed by atoms with Gasteiger partial charge in [-0.25, -0.2) is 14.6 Å². The van der Waals surface area contributed by atoms with E-state index < -0.39 is 41.4 Å². The van der Waals surface area contributed by atoms with E-state index in [-0.39, 0.29) is 35.2 Å². The summed E-state index contributed by atoms with van der Waals surface area (Å²) in [5.74, 6) is -1.00. The van der Waals surface area contributed by atoms with Gasteiger partial charge in [-0.3, -0.25) is 14.7 Å². The average Bonchev–Trinajstić information content (AvgIpc) is 3.00. The number of rotatable bonds is 8. The molecule has 0 spiro atoms. The monoisotopic (exact) mass is 671 g/mol. The lowest BCUT2D eigenvalue weighted by Crippen LogP contribution is -2.55. The number of esters is 1. The number of ether oxygens (including phenoxy) is 3. The van der Waals surface area contributed by atoms with Crippen molar-refractivity contribution in [3.8, 4) is 5.75 Å². The third kappa shape index (κ3) is 9.00. The van der Waals surface area contributed by atoms with Gasteiger partial charge in [0.1, 0.15) is 22.7 Å². The Balaban J connectivity index is 1.67. The van der Waals surface area contributed by atoms with Crippen molar-refractivity contribution < 1.29 is 41.8 Å². The largest absolute Gasteiger partial charge is 0.482 e. The predicted octanol–water partition coefficient (Wildman–Crippen LogP) is 6.21. The fourth-order valence-electron chi connectivity index (χ4n) is 5.25. The molecule has 1 aromatic carbocycles. The lowest BCUT2D eigenvalue weighted by atomic mass is 10.0. The molecule has 1 saturated heterocycles. The highest BCUT2D eigenvalue weighted by Crippen LogP contribution is 2.34. The molecule has 3 aromatic rings. The summed E-state index contributed by atoms with van der Waals surface area (Å²) in [4.78, 5) is 51.0. The van der Waals surface area contributed by atoms with Crippen LogP contribution in [0.4, 0.5) is 23.8 Å². The zero-order chi connectivity index (χ0) is 35.4. The van der Waals surface area contributed by atoms with Gasteiger partial charge in [0, 0.05) is 50.2 Å². The first kappa shape index (κ1) is 36.1. The number of hydrogen-bond donors (Lipinski definition) is 1. The van der Waals surface area contributed by atoms with Gasteiger partial charge in [-0.05, 0) is 83.0 Å². The Labute approximate surface area is 277 Å². The van der Waals surface area contributed by atoms with Crippen LogP contribution in [0.3, 0.4) is 0 Å². The molecule has 0 aliphatic carbocycles. The number of piperazine rings is 1. The van der Waals surface area contributed by atoms with Crippen molar-refractivity contribution in [1.29, 1.82) is 0 Å². The maximum Gasteiger partial charge on any atom is 0.416 e. The number of methoxy groups -OCH3 is 1. The summed E-state index contributed by atoms with van der Waals surface area (Å²) in [6.07, 6.45) is -3.60. The van der Waals surface area contributed by atoms with Crippen LogP contribution in [-0.4, -0.2) is 82.7 Å². The molecule has 3 heterocycles. The standard InChI is InChI=1S/C34H40F3N5O6/c1-20-9-8-11-39-29(20)40-30(43)24-17-25(31(44)46-7)27(15-21(24)2)47-28(26-16-23(10-12-38-26)34(35,36)37)19-41-13-14-42(22(3)18-41)32(45)48-33(4,5)6/h8-12,15-17,22,28H,13-14,18-19H2,1-7H3,(H,39,40,43)/t22-,28?/m1/s1. The lowest BCUT2D eigenvalue weighted by Gasteiger charge is -2.41. The molecule has 2 atom stereocenters. The van der Waals surface area contributed by atoms with Gasteiger partial charge < -0.3 is 24.4 Å². The van der Waals surface area contributed by atoms with E-state index in [1.54, 1.807) is 51.7 Å². The van der Waals surface area contributed by atoms with Crippen LogP contribution in [0.25, 0.3) is 0 Å². The maximum atomic E-state index is 13.7. The zero-order valence-corrected chi connectivity index (χ0v) is 28.0. The number of alkyl halides is 3. The van der Waals surface area contributed by atoms with Gasteiger partial charge in [-0.1, -0.05) is 6.07 Å². The second kappa shape index (κ2) is 14.6. The van der Waals surface area contributed by atoms with E-state index in [0.717, 1.165) is 23.9 Å². The number of nitrogens with one attached hydrogen (secondary N) is 1. The summed E-state index contributed by atoms with van der Waals surface area (Å²) in [6, 6.07) is 7.80. The molecule has 2 aromatic heterocycles. The Kier molecular flexibility index (Phi) is 11.0. The van der Waals surface area contributed by atoms with Crippen molar-refractivity contribution in [1.82, 2.24) is 19.8 Å². The van der Waals surface area contributed by atoms with Crippen LogP contribution < -0.4 is 10.1 Å². The van der Waals surface area contributed by atoms with Crippen LogP contribution in [0.1, 0.15) is 76.9 Å². The van der Waals surface area contributed by atoms with Gasteiger partial charge in [0.25, 0.3) is 5.91 Å². The van der Waals surface area contributed by atoms with Crippen molar-refractivity contribution in [3.05, 3.63) is 82.3 Å². The van der Waals surface area contributed by atoms with Gasteiger partial charge in [-0.15, -0.1) is 0 Å². The molecule has 4 rings (SSSR count). The van der Waals surface area contributed by atoms with E-state index in [1.165, 1.54) is 25.4 Å². The van der Waals surface area contributed by atoms with Gasteiger partial charge in [0.05, 0.1) is 18.4 Å². The molecule has 11 nitrogen and oxygen atoms in total. The topological polar surface area (TPSA) is 123 Å². The third-order valence-corrected chi connectivity index (χ3v) is 7.69. The normalized spacial score (nSPS) is 16.2. The van der Waals surface area contributed by atoms with E-state index in [1.807, 2.05) is 11.8 Å². The Bertz CT molecular complexity index is 1660. The number of aromatic nitrogens is 2. The van der Waals surface area contributed by atoms with Crippen molar-refractivity contribution in [2.45, 2.75) is 65.5 Å². The molecule has 1 N–H and O–H groups in total. The van der Waals surface area contributed by atoms with Crippen LogP contribution in [0.2, 0.25) is 0 Å². The SMILES string of the molecule is COC(=O)c1cc(C(=O)Nc2ncccc2C)c(C)cc1OC(CN1CCN(C(=O)OC(C)(C)C)[C@H](C)C1)c1cc(C(F)(F)F)ccn1. The Morgan fingerprint density at radius 2 is 1.73 bits per heavy atom. The van der Waals surface area contributed by atoms with E-state index in [9.17, 15) is 27.6 Å². The van der Waals surface area contributed by atoms with Crippen LogP contribution in [0.15, 0.2) is 48.8 Å². The maximum absolute atomic E-state index is 13.7. The molecule has 0 radical (unpaired) electrons. The first-order chi connectivity index (χ1) is 22.5. The zero-order valence-electron chi connectivity index (χ0n) is 28.0. The molecule has 14 heteroatoms. The predicted molar refractivity (Wildman–Crippen MR) is 171 cm³/mol. The second-order valence-electron chi connectivity index (χ2n) is 12.6. The Hall–Kier alpha value is -4.72. The number of nitrogens with zero attached hydrogens (tertiary/aromatic N) is 4. The molecule has 0 saturated carbocycles. The van der Waals surface area contributed by atoms with Gasteiger partial charge in [0.2, 0.25) is 0 Å². The second-order valence-corrected chi connectivity index (χ2v) is 12.6. The number of hydrogen-bond acceptors (Lipinski definition) is 9. The summed E-state index contributed by atoms with van der Waals surface area (Å²) in [7, 11) is 1.17. The van der Waals surface area contributed by atoms with Crippen molar-refractivity contribution in [2.75, 3.05) is 38.6 Å². The summed E-state index contributed by atoms with van der Waals surface area (Å²) in [5.41, 5.74) is -0.406. The first-order valence-corrected chi connectivity index (χ1v) is 15.3. The average molecular weight is 672 g/mol. The summed E-state index contributed by atoms with van der Waals surface area (Å²) < 4.78 is 58.1. The number of carbonyl (C=O) groups is 3. The number of carbonyl (C=O) groups excluding carboxylic acids is 3. The number of halogens is 3. The fraction of sp³-hybridized carbons (Fsp3) is 0.441. The van der Waals surface area contributed by atoms with Gasteiger partial charge in [0.15, 0.2) is 6.10 Å². The quantitative estimate of drug-likeness (QED) is 0.279. The molecule has 1 unspecified atom stereocenters. The number of amides is 2. The summed E-state index contributed by atoms with van der Waals surface area (Å²) in [5, 5.41) is 2.74. The molecule has 258 valence electrons. The summed E-state index contributed by atoms with van der Waals surface area (Å²) >= 11 is 0. The molecule has 48 heavy (non-hydrogen) atoms. The van der Waals surface area contributed by atoms with Crippen LogP contribution in [0.5, 0.6) is 5.75 Å². The van der Waals surface area contributed by atoms with E-state index in [0.29, 0.717) is 31.0 Å². The van der Waals surface area contributed by atoms with Crippen molar-refractivity contribution >= 4 is 23.8 Å². The highest BCUT2D eigenvalue weighted by atomic mass is 19.4. The molecular formula is C34H40F3N5O6. The number of aryl methyl sites for hydroxylation is 2. The number of benzene rings is 1. The Morgan fingerprint density at radius 1 is 1.00 bits per heavy atom. The number of anilines is 1. The molecule has 2 amide bonds. The fourth-order valence-corrected chi connectivity index (χ4v) is 5.25. The van der Waals surface area contributed by atoms with E-state index in [2.05, 4.69) is 15.3 Å². The highest BCUT2D eigenvalue weighted by molar-refractivity contribution is 6.07. The molecule has 0 bridgehead atoms. The minimum absolute atomic E-state index is 0.00503. The van der Waals surface area contributed by atoms with Crippen LogP contribution in [0, 0.1) is 13.8 Å². The summed E-state index contributed by atoms with van der Waals surface area (Å²) in [6.45, 7) is 11.7. The minimum Gasteiger partial charge on any atom is -0.482 e. The number of pyridine rings is 2.